The van der Waals surface area contributed by atoms with Crippen molar-refractivity contribution in [2.75, 3.05) is 13.7 Å². The number of pyridine rings is 1. The first-order chi connectivity index (χ1) is 6.63. The minimum atomic E-state index is -1.19. The van der Waals surface area contributed by atoms with E-state index in [1.54, 1.807) is 12.1 Å². The average Bonchev–Trinajstić information content (AvgIpc) is 2.17. The molecule has 1 aromatic heterocycles. The van der Waals surface area contributed by atoms with Crippen LogP contribution in [0.15, 0.2) is 18.2 Å². The van der Waals surface area contributed by atoms with Crippen LogP contribution in [0.5, 0.6) is 5.88 Å². The number of aliphatic hydroxyl groups is 1. The fourth-order valence-electron chi connectivity index (χ4n) is 0.965. The molecule has 6 heteroatoms. The van der Waals surface area contributed by atoms with Gasteiger partial charge in [-0.25, -0.2) is 4.98 Å². The number of ether oxygens (including phenoxy) is 1. The van der Waals surface area contributed by atoms with Crippen molar-refractivity contribution in [3.8, 4) is 5.88 Å². The van der Waals surface area contributed by atoms with Crippen LogP contribution in [0.3, 0.4) is 0 Å². The van der Waals surface area contributed by atoms with Gasteiger partial charge in [0.2, 0.25) is 12.4 Å². The zero-order valence-electron chi connectivity index (χ0n) is 7.58. The van der Waals surface area contributed by atoms with E-state index in [9.17, 15) is 15.2 Å². The molecule has 1 rings (SSSR count). The SMILES string of the molecule is COc1cccc(C(O)C[N+](=O)[O-])n1. The lowest BCUT2D eigenvalue weighted by molar-refractivity contribution is -0.491. The van der Waals surface area contributed by atoms with Crippen molar-refractivity contribution in [2.45, 2.75) is 6.10 Å². The van der Waals surface area contributed by atoms with Crippen LogP contribution in [0.1, 0.15) is 11.8 Å². The van der Waals surface area contributed by atoms with Crippen molar-refractivity contribution in [1.29, 1.82) is 0 Å². The third-order valence-corrected chi connectivity index (χ3v) is 1.62. The number of hydrogen-bond donors (Lipinski definition) is 1. The Kier molecular flexibility index (Phi) is 3.35. The molecule has 0 bridgehead atoms. The van der Waals surface area contributed by atoms with E-state index in [0.29, 0.717) is 5.88 Å². The second-order valence-electron chi connectivity index (χ2n) is 2.64. The summed E-state index contributed by atoms with van der Waals surface area (Å²) in [5, 5.41) is 19.5. The van der Waals surface area contributed by atoms with E-state index in [4.69, 9.17) is 4.74 Å². The minimum absolute atomic E-state index is 0.237. The number of aliphatic hydroxyl groups excluding tert-OH is 1. The zero-order valence-corrected chi connectivity index (χ0v) is 7.58. The molecule has 1 heterocycles. The first-order valence-corrected chi connectivity index (χ1v) is 3.94. The standard InChI is InChI=1S/C8H10N2O4/c1-14-8-4-2-3-6(9-8)7(11)5-10(12)13/h2-4,7,11H,5H2,1H3. The van der Waals surface area contributed by atoms with E-state index >= 15 is 0 Å². The van der Waals surface area contributed by atoms with Gasteiger partial charge >= 0.3 is 0 Å². The molecule has 1 N–H and O–H groups in total. The summed E-state index contributed by atoms with van der Waals surface area (Å²) in [5.74, 6) is 0.324. The highest BCUT2D eigenvalue weighted by Crippen LogP contribution is 2.13. The third kappa shape index (κ3) is 2.67. The average molecular weight is 198 g/mol. The highest BCUT2D eigenvalue weighted by molar-refractivity contribution is 5.17. The van der Waals surface area contributed by atoms with Crippen LogP contribution in [0, 0.1) is 10.1 Å². The highest BCUT2D eigenvalue weighted by atomic mass is 16.6. The molecule has 0 amide bonds. The van der Waals surface area contributed by atoms with Gasteiger partial charge in [0.25, 0.3) is 0 Å². The summed E-state index contributed by atoms with van der Waals surface area (Å²) in [6.07, 6.45) is -1.19. The molecule has 0 spiro atoms. The van der Waals surface area contributed by atoms with Crippen LogP contribution in [0.2, 0.25) is 0 Å². The van der Waals surface area contributed by atoms with E-state index in [2.05, 4.69) is 4.98 Å². The molecule has 1 unspecified atom stereocenters. The molecule has 0 aliphatic rings. The maximum absolute atomic E-state index is 10.1. The van der Waals surface area contributed by atoms with Crippen molar-refractivity contribution in [3.63, 3.8) is 0 Å². The van der Waals surface area contributed by atoms with E-state index in [0.717, 1.165) is 0 Å². The molecule has 0 radical (unpaired) electrons. The second kappa shape index (κ2) is 4.52. The first kappa shape index (κ1) is 10.4. The lowest BCUT2D eigenvalue weighted by Gasteiger charge is -2.06. The van der Waals surface area contributed by atoms with E-state index in [1.165, 1.54) is 13.2 Å². The van der Waals surface area contributed by atoms with Crippen molar-refractivity contribution in [3.05, 3.63) is 34.0 Å². The Morgan fingerprint density at radius 3 is 3.00 bits per heavy atom. The Labute approximate surface area is 80.3 Å². The molecule has 6 nitrogen and oxygen atoms in total. The molecule has 0 aromatic carbocycles. The van der Waals surface area contributed by atoms with E-state index < -0.39 is 17.6 Å². The molecule has 14 heavy (non-hydrogen) atoms. The molecule has 76 valence electrons. The number of nitrogens with zero attached hydrogens (tertiary/aromatic N) is 2. The zero-order chi connectivity index (χ0) is 10.6. The lowest BCUT2D eigenvalue weighted by Crippen LogP contribution is -2.13. The smallest absolute Gasteiger partial charge is 0.235 e. The topological polar surface area (TPSA) is 85.5 Å². The van der Waals surface area contributed by atoms with Crippen LogP contribution in [0.25, 0.3) is 0 Å². The van der Waals surface area contributed by atoms with Crippen molar-refractivity contribution in [2.24, 2.45) is 0 Å². The summed E-state index contributed by atoms with van der Waals surface area (Å²) >= 11 is 0. The molecule has 0 saturated carbocycles. The maximum atomic E-state index is 10.1. The number of rotatable bonds is 4. The Bertz CT molecular complexity index is 329. The summed E-state index contributed by atoms with van der Waals surface area (Å²) in [6, 6.07) is 4.73. The second-order valence-corrected chi connectivity index (χ2v) is 2.64. The third-order valence-electron chi connectivity index (χ3n) is 1.62. The lowest BCUT2D eigenvalue weighted by atomic mass is 10.2. The quantitative estimate of drug-likeness (QED) is 0.559. The summed E-state index contributed by atoms with van der Waals surface area (Å²) in [7, 11) is 1.44. The van der Waals surface area contributed by atoms with Crippen LogP contribution >= 0.6 is 0 Å². The van der Waals surface area contributed by atoms with Crippen molar-refractivity contribution >= 4 is 0 Å². The number of nitro groups is 1. The van der Waals surface area contributed by atoms with Gasteiger partial charge in [-0.2, -0.15) is 0 Å². The van der Waals surface area contributed by atoms with Crippen LogP contribution in [-0.2, 0) is 0 Å². The van der Waals surface area contributed by atoms with E-state index in [-0.39, 0.29) is 5.69 Å². The van der Waals surface area contributed by atoms with Crippen molar-refractivity contribution in [1.82, 2.24) is 4.98 Å². The molecule has 0 aliphatic carbocycles. The highest BCUT2D eigenvalue weighted by Gasteiger charge is 2.15. The molecule has 0 saturated heterocycles. The fourth-order valence-corrected chi connectivity index (χ4v) is 0.965. The van der Waals surface area contributed by atoms with Gasteiger partial charge in [0.1, 0.15) is 0 Å². The Morgan fingerprint density at radius 1 is 1.71 bits per heavy atom. The summed E-state index contributed by atoms with van der Waals surface area (Å²) < 4.78 is 4.82. The molecule has 0 fully saturated rings. The van der Waals surface area contributed by atoms with Gasteiger partial charge in [-0.3, -0.25) is 10.1 Å². The minimum Gasteiger partial charge on any atom is -0.481 e. The summed E-state index contributed by atoms with van der Waals surface area (Å²) in [5.41, 5.74) is 0.237. The molecular formula is C8H10N2O4. The van der Waals surface area contributed by atoms with Gasteiger partial charge in [0.15, 0.2) is 6.10 Å². The van der Waals surface area contributed by atoms with Crippen molar-refractivity contribution < 1.29 is 14.8 Å². The number of methoxy groups -OCH3 is 1. The number of aromatic nitrogens is 1. The summed E-state index contributed by atoms with van der Waals surface area (Å²) in [4.78, 5) is 13.4. The Hall–Kier alpha value is -1.69. The maximum Gasteiger partial charge on any atom is 0.235 e. The van der Waals surface area contributed by atoms with Crippen LogP contribution in [-0.4, -0.2) is 28.7 Å². The molecule has 1 aromatic rings. The molecule has 1 atom stereocenters. The fraction of sp³-hybridized carbons (Fsp3) is 0.375. The van der Waals surface area contributed by atoms with Crippen LogP contribution in [0.4, 0.5) is 0 Å². The Balaban J connectivity index is 2.78. The van der Waals surface area contributed by atoms with Gasteiger partial charge in [-0.15, -0.1) is 0 Å². The largest absolute Gasteiger partial charge is 0.481 e. The predicted octanol–water partition coefficient (Wildman–Crippen LogP) is 0.400. The van der Waals surface area contributed by atoms with Gasteiger partial charge in [-0.1, -0.05) is 6.07 Å². The normalized spacial score (nSPS) is 12.1. The van der Waals surface area contributed by atoms with Gasteiger partial charge in [0, 0.05) is 11.0 Å². The van der Waals surface area contributed by atoms with Gasteiger partial charge in [-0.05, 0) is 6.07 Å². The predicted molar refractivity (Wildman–Crippen MR) is 47.6 cm³/mol. The summed E-state index contributed by atoms with van der Waals surface area (Å²) in [6.45, 7) is -0.555. The monoisotopic (exact) mass is 198 g/mol. The van der Waals surface area contributed by atoms with Gasteiger partial charge in [0.05, 0.1) is 12.8 Å². The Morgan fingerprint density at radius 2 is 2.43 bits per heavy atom. The first-order valence-electron chi connectivity index (χ1n) is 3.94. The van der Waals surface area contributed by atoms with Gasteiger partial charge < -0.3 is 9.84 Å². The van der Waals surface area contributed by atoms with E-state index in [1.807, 2.05) is 0 Å². The molecule has 0 aliphatic heterocycles. The molecular weight excluding hydrogens is 188 g/mol. The number of hydrogen-bond acceptors (Lipinski definition) is 5. The van der Waals surface area contributed by atoms with Crippen LogP contribution < -0.4 is 4.74 Å².